The van der Waals surface area contributed by atoms with Crippen molar-refractivity contribution in [2.45, 2.75) is 39.1 Å². The fourth-order valence-corrected chi connectivity index (χ4v) is 4.24. The van der Waals surface area contributed by atoms with E-state index in [-0.39, 0.29) is 11.5 Å². The number of hydrogen-bond acceptors (Lipinski definition) is 3. The maximum absolute atomic E-state index is 12.1. The first kappa shape index (κ1) is 15.1. The summed E-state index contributed by atoms with van der Waals surface area (Å²) in [6.45, 7) is 7.92. The smallest absolute Gasteiger partial charge is 0.379 e. The van der Waals surface area contributed by atoms with Gasteiger partial charge in [0.1, 0.15) is 11.3 Å². The molecule has 1 heterocycles. The van der Waals surface area contributed by atoms with Crippen LogP contribution in [0.15, 0.2) is 33.5 Å². The van der Waals surface area contributed by atoms with Crippen molar-refractivity contribution in [3.8, 4) is 5.75 Å². The Balaban J connectivity index is 2.52. The highest BCUT2D eigenvalue weighted by atomic mass is 35.6. The van der Waals surface area contributed by atoms with Crippen LogP contribution in [0.3, 0.4) is 0 Å². The SMILES string of the molecule is CCC(Oc1c(C)c2ccccc2oc1=O)[Si](C)(C)Cl. The van der Waals surface area contributed by atoms with Gasteiger partial charge in [0.15, 0.2) is 7.38 Å². The predicted octanol–water partition coefficient (Wildman–Crippen LogP) is 4.24. The highest BCUT2D eigenvalue weighted by Gasteiger charge is 2.32. The van der Waals surface area contributed by atoms with Crippen molar-refractivity contribution in [3.63, 3.8) is 0 Å². The van der Waals surface area contributed by atoms with E-state index in [2.05, 4.69) is 0 Å². The van der Waals surface area contributed by atoms with Crippen molar-refractivity contribution in [2.75, 3.05) is 0 Å². The Hall–Kier alpha value is -1.26. The zero-order valence-electron chi connectivity index (χ0n) is 12.2. The van der Waals surface area contributed by atoms with Crippen LogP contribution in [0.2, 0.25) is 13.1 Å². The molecule has 5 heteroatoms. The van der Waals surface area contributed by atoms with Gasteiger partial charge in [-0.05, 0) is 19.4 Å². The Morgan fingerprint density at radius 3 is 2.60 bits per heavy atom. The summed E-state index contributed by atoms with van der Waals surface area (Å²) >= 11 is 6.45. The second kappa shape index (κ2) is 5.62. The molecule has 2 aromatic rings. The number of aryl methyl sites for hydroxylation is 1. The Morgan fingerprint density at radius 1 is 1.35 bits per heavy atom. The number of para-hydroxylation sites is 1. The van der Waals surface area contributed by atoms with Gasteiger partial charge in [0.05, 0.1) is 0 Å². The van der Waals surface area contributed by atoms with E-state index in [0.717, 1.165) is 17.4 Å². The third kappa shape index (κ3) is 2.91. The lowest BCUT2D eigenvalue weighted by atomic mass is 10.1. The second-order valence-electron chi connectivity index (χ2n) is 5.42. The molecule has 1 aromatic carbocycles. The van der Waals surface area contributed by atoms with Crippen molar-refractivity contribution in [1.29, 1.82) is 0 Å². The average Bonchev–Trinajstić information content (AvgIpc) is 2.37. The fraction of sp³-hybridized carbons (Fsp3) is 0.400. The van der Waals surface area contributed by atoms with Gasteiger partial charge in [-0.3, -0.25) is 0 Å². The Kier molecular flexibility index (Phi) is 4.25. The zero-order chi connectivity index (χ0) is 14.9. The van der Waals surface area contributed by atoms with Gasteiger partial charge in [-0.2, -0.15) is 11.1 Å². The van der Waals surface area contributed by atoms with Crippen LogP contribution < -0.4 is 10.4 Å². The first-order chi connectivity index (χ1) is 9.34. The van der Waals surface area contributed by atoms with Gasteiger partial charge >= 0.3 is 5.63 Å². The van der Waals surface area contributed by atoms with Gasteiger partial charge in [0.2, 0.25) is 5.75 Å². The van der Waals surface area contributed by atoms with E-state index in [4.69, 9.17) is 20.2 Å². The molecule has 108 valence electrons. The average molecular weight is 311 g/mol. The number of hydrogen-bond donors (Lipinski definition) is 0. The molecule has 0 amide bonds. The fourth-order valence-electron chi connectivity index (χ4n) is 2.27. The molecule has 3 nitrogen and oxygen atoms in total. The molecule has 2 rings (SSSR count). The molecular formula is C15H19ClO3Si. The molecule has 0 aliphatic rings. The minimum Gasteiger partial charge on any atom is -0.485 e. The van der Waals surface area contributed by atoms with Crippen molar-refractivity contribution >= 4 is 29.4 Å². The molecule has 1 unspecified atom stereocenters. The summed E-state index contributed by atoms with van der Waals surface area (Å²) in [4.78, 5) is 12.1. The maximum Gasteiger partial charge on any atom is 0.379 e. The lowest BCUT2D eigenvalue weighted by molar-refractivity contribution is 0.254. The van der Waals surface area contributed by atoms with Crippen molar-refractivity contribution < 1.29 is 9.15 Å². The Morgan fingerprint density at radius 2 is 2.00 bits per heavy atom. The molecule has 1 atom stereocenters. The highest BCUT2D eigenvalue weighted by molar-refractivity contribution is 7.19. The molecule has 1 aromatic heterocycles. The third-order valence-corrected chi connectivity index (χ3v) is 6.20. The molecule has 0 saturated carbocycles. The first-order valence-electron chi connectivity index (χ1n) is 6.72. The zero-order valence-corrected chi connectivity index (χ0v) is 14.0. The van der Waals surface area contributed by atoms with E-state index < -0.39 is 13.0 Å². The van der Waals surface area contributed by atoms with Gasteiger partial charge in [-0.15, -0.1) is 0 Å². The number of rotatable bonds is 4. The van der Waals surface area contributed by atoms with Crippen LogP contribution in [-0.2, 0) is 0 Å². The monoisotopic (exact) mass is 310 g/mol. The molecule has 0 bridgehead atoms. The Labute approximate surface area is 124 Å². The summed E-state index contributed by atoms with van der Waals surface area (Å²) in [6.07, 6.45) is 0.772. The third-order valence-electron chi connectivity index (χ3n) is 3.42. The standard InChI is InChI=1S/C15H19ClO3Si/c1-5-13(20(3,4)16)19-14-10(2)11-8-6-7-9-12(11)18-15(14)17/h6-9,13H,5H2,1-4H3. The summed E-state index contributed by atoms with van der Waals surface area (Å²) in [7, 11) is -2.01. The highest BCUT2D eigenvalue weighted by Crippen LogP contribution is 2.27. The second-order valence-corrected chi connectivity index (χ2v) is 12.1. The van der Waals surface area contributed by atoms with E-state index in [0.29, 0.717) is 5.58 Å². The lowest BCUT2D eigenvalue weighted by Gasteiger charge is -2.26. The van der Waals surface area contributed by atoms with Crippen LogP contribution >= 0.6 is 11.1 Å². The van der Waals surface area contributed by atoms with Gasteiger partial charge in [-0.25, -0.2) is 4.79 Å². The van der Waals surface area contributed by atoms with Crippen LogP contribution in [0, 0.1) is 6.92 Å². The predicted molar refractivity (Wildman–Crippen MR) is 85.3 cm³/mol. The normalized spacial score (nSPS) is 13.4. The summed E-state index contributed by atoms with van der Waals surface area (Å²) in [6, 6.07) is 7.46. The van der Waals surface area contributed by atoms with Crippen molar-refractivity contribution in [2.24, 2.45) is 0 Å². The molecule has 0 spiro atoms. The van der Waals surface area contributed by atoms with Crippen molar-refractivity contribution in [3.05, 3.63) is 40.2 Å². The van der Waals surface area contributed by atoms with Gasteiger partial charge in [0, 0.05) is 10.9 Å². The Bertz CT molecular complexity index is 673. The van der Waals surface area contributed by atoms with Crippen LogP contribution in [0.4, 0.5) is 0 Å². The van der Waals surface area contributed by atoms with E-state index >= 15 is 0 Å². The largest absolute Gasteiger partial charge is 0.485 e. The molecule has 0 radical (unpaired) electrons. The minimum atomic E-state index is -2.01. The molecule has 0 aliphatic carbocycles. The molecule has 0 fully saturated rings. The van der Waals surface area contributed by atoms with E-state index in [9.17, 15) is 4.79 Å². The molecule has 0 aliphatic heterocycles. The lowest BCUT2D eigenvalue weighted by Crippen LogP contribution is -2.41. The number of fused-ring (bicyclic) bond motifs is 1. The number of benzene rings is 1. The molecule has 20 heavy (non-hydrogen) atoms. The summed E-state index contributed by atoms with van der Waals surface area (Å²) < 4.78 is 11.2. The minimum absolute atomic E-state index is 0.119. The van der Waals surface area contributed by atoms with E-state index in [1.807, 2.05) is 45.1 Å². The molecule has 0 N–H and O–H groups in total. The van der Waals surface area contributed by atoms with Crippen LogP contribution in [0.25, 0.3) is 11.0 Å². The topological polar surface area (TPSA) is 39.4 Å². The summed E-state index contributed by atoms with van der Waals surface area (Å²) in [5, 5.41) is 0.894. The van der Waals surface area contributed by atoms with Crippen LogP contribution in [0.5, 0.6) is 5.75 Å². The van der Waals surface area contributed by atoms with Crippen LogP contribution in [-0.4, -0.2) is 13.1 Å². The van der Waals surface area contributed by atoms with Gasteiger partial charge < -0.3 is 9.15 Å². The summed E-state index contributed by atoms with van der Waals surface area (Å²) in [5.41, 5.74) is 0.837. The molecule has 0 saturated heterocycles. The first-order valence-corrected chi connectivity index (χ1v) is 10.8. The van der Waals surface area contributed by atoms with Crippen molar-refractivity contribution in [1.82, 2.24) is 0 Å². The van der Waals surface area contributed by atoms with E-state index in [1.165, 1.54) is 0 Å². The number of halogens is 1. The van der Waals surface area contributed by atoms with E-state index in [1.54, 1.807) is 6.07 Å². The quantitative estimate of drug-likeness (QED) is 0.481. The molecular weight excluding hydrogens is 292 g/mol. The number of ether oxygens (including phenoxy) is 1. The summed E-state index contributed by atoms with van der Waals surface area (Å²) in [5.74, 6) is 0.289. The van der Waals surface area contributed by atoms with Gasteiger partial charge in [0.25, 0.3) is 0 Å². The van der Waals surface area contributed by atoms with Crippen LogP contribution in [0.1, 0.15) is 18.9 Å². The van der Waals surface area contributed by atoms with Gasteiger partial charge in [-0.1, -0.05) is 38.2 Å². The maximum atomic E-state index is 12.1.